The van der Waals surface area contributed by atoms with Crippen molar-refractivity contribution in [1.29, 1.82) is 0 Å². The number of nitrogens with zero attached hydrogens (tertiary/aromatic N) is 2. The second-order valence-electron chi connectivity index (χ2n) is 6.31. The smallest absolute Gasteiger partial charge is 0.265 e. The van der Waals surface area contributed by atoms with E-state index in [0.717, 1.165) is 6.42 Å². The Kier molecular flexibility index (Phi) is 7.43. The van der Waals surface area contributed by atoms with Crippen molar-refractivity contribution in [3.8, 4) is 11.5 Å². The molecule has 1 unspecified atom stereocenters. The minimum absolute atomic E-state index is 0.0330. The molecule has 0 saturated carbocycles. The summed E-state index contributed by atoms with van der Waals surface area (Å²) >= 11 is 11.7. The molecule has 6 nitrogen and oxygen atoms in total. The lowest BCUT2D eigenvalue weighted by atomic mass is 10.1. The fourth-order valence-corrected chi connectivity index (χ4v) is 3.46. The fourth-order valence-electron chi connectivity index (χ4n) is 2.77. The highest BCUT2D eigenvalue weighted by Gasteiger charge is 2.37. The van der Waals surface area contributed by atoms with Crippen LogP contribution in [0, 0.1) is 0 Å². The van der Waals surface area contributed by atoms with Crippen LogP contribution < -0.4 is 9.47 Å². The molecule has 1 heterocycles. The number of methoxy groups -OCH3 is 1. The molecule has 2 amide bonds. The van der Waals surface area contributed by atoms with Crippen molar-refractivity contribution in [3.05, 3.63) is 28.3 Å². The summed E-state index contributed by atoms with van der Waals surface area (Å²) in [4.78, 5) is 28.4. The largest absolute Gasteiger partial charge is 0.493 e. The van der Waals surface area contributed by atoms with E-state index in [9.17, 15) is 9.59 Å². The summed E-state index contributed by atoms with van der Waals surface area (Å²) in [5.41, 5.74) is 0.598. The van der Waals surface area contributed by atoms with Gasteiger partial charge < -0.3 is 9.47 Å². The third-order valence-corrected chi connectivity index (χ3v) is 5.22. The van der Waals surface area contributed by atoms with Gasteiger partial charge in [-0.25, -0.2) is 0 Å². The van der Waals surface area contributed by atoms with Crippen LogP contribution in [0.2, 0.25) is 5.02 Å². The Morgan fingerprint density at radius 3 is 2.18 bits per heavy atom. The van der Waals surface area contributed by atoms with Crippen molar-refractivity contribution < 1.29 is 19.1 Å². The van der Waals surface area contributed by atoms with E-state index in [1.165, 1.54) is 23.0 Å². The van der Waals surface area contributed by atoms with Gasteiger partial charge in [0.2, 0.25) is 0 Å². The average molecular weight is 425 g/mol. The van der Waals surface area contributed by atoms with E-state index in [-0.39, 0.29) is 16.8 Å². The highest BCUT2D eigenvalue weighted by atomic mass is 35.5. The number of rotatable bonds is 7. The Morgan fingerprint density at radius 2 is 1.71 bits per heavy atom. The molecule has 0 aliphatic carbocycles. The predicted molar refractivity (Wildman–Crippen MR) is 114 cm³/mol. The Hall–Kier alpha value is -2.12. The van der Waals surface area contributed by atoms with Gasteiger partial charge in [-0.3, -0.25) is 19.4 Å². The number of benzene rings is 1. The first-order valence-corrected chi connectivity index (χ1v) is 10.0. The molecule has 1 aliphatic heterocycles. The maximum absolute atomic E-state index is 12.8. The Labute approximate surface area is 176 Å². The monoisotopic (exact) mass is 424 g/mol. The normalized spacial score (nSPS) is 15.8. The summed E-state index contributed by atoms with van der Waals surface area (Å²) in [6, 6.07) is 3.34. The van der Waals surface area contributed by atoms with Gasteiger partial charge in [-0.1, -0.05) is 18.5 Å². The van der Waals surface area contributed by atoms with E-state index >= 15 is 0 Å². The molecule has 28 heavy (non-hydrogen) atoms. The number of amides is 2. The number of ether oxygens (including phenoxy) is 2. The van der Waals surface area contributed by atoms with Crippen molar-refractivity contribution in [3.63, 3.8) is 0 Å². The first kappa shape index (κ1) is 22.2. The van der Waals surface area contributed by atoms with Gasteiger partial charge in [-0.2, -0.15) is 0 Å². The lowest BCUT2D eigenvalue weighted by Crippen LogP contribution is -2.55. The van der Waals surface area contributed by atoms with Crippen LogP contribution in [0.5, 0.6) is 11.5 Å². The van der Waals surface area contributed by atoms with E-state index < -0.39 is 11.8 Å². The van der Waals surface area contributed by atoms with Gasteiger partial charge in [0.15, 0.2) is 16.6 Å². The molecule has 1 aromatic rings. The molecule has 0 aromatic heterocycles. The minimum atomic E-state index is -0.419. The van der Waals surface area contributed by atoms with Crippen LogP contribution in [0.1, 0.15) is 39.7 Å². The zero-order valence-electron chi connectivity index (χ0n) is 16.7. The maximum atomic E-state index is 12.8. The van der Waals surface area contributed by atoms with Crippen molar-refractivity contribution in [2.45, 2.75) is 40.2 Å². The molecule has 0 spiro atoms. The molecule has 8 heteroatoms. The van der Waals surface area contributed by atoms with Crippen LogP contribution in [0.4, 0.5) is 0 Å². The van der Waals surface area contributed by atoms with Crippen molar-refractivity contribution in [1.82, 2.24) is 9.80 Å². The molecule has 0 radical (unpaired) electrons. The Morgan fingerprint density at radius 1 is 1.14 bits per heavy atom. The van der Waals surface area contributed by atoms with Crippen molar-refractivity contribution in [2.75, 3.05) is 20.2 Å². The summed E-state index contributed by atoms with van der Waals surface area (Å²) in [7, 11) is 1.51. The van der Waals surface area contributed by atoms with Crippen LogP contribution in [-0.4, -0.2) is 53.0 Å². The van der Waals surface area contributed by atoms with Gasteiger partial charge in [-0.15, -0.1) is 0 Å². The van der Waals surface area contributed by atoms with E-state index in [4.69, 9.17) is 33.3 Å². The molecule has 1 aromatic carbocycles. The lowest BCUT2D eigenvalue weighted by molar-refractivity contribution is -0.133. The zero-order chi connectivity index (χ0) is 21.0. The molecule has 0 bridgehead atoms. The highest BCUT2D eigenvalue weighted by Crippen LogP contribution is 2.38. The van der Waals surface area contributed by atoms with Crippen LogP contribution >= 0.6 is 23.8 Å². The van der Waals surface area contributed by atoms with E-state index in [0.29, 0.717) is 35.2 Å². The van der Waals surface area contributed by atoms with Gasteiger partial charge >= 0.3 is 0 Å². The molecular formula is C20H25ClN2O4S. The third-order valence-electron chi connectivity index (χ3n) is 4.50. The van der Waals surface area contributed by atoms with E-state index in [1.54, 1.807) is 12.1 Å². The molecule has 2 rings (SSSR count). The number of halogens is 1. The van der Waals surface area contributed by atoms with Crippen LogP contribution in [0.25, 0.3) is 6.08 Å². The maximum Gasteiger partial charge on any atom is 0.265 e. The van der Waals surface area contributed by atoms with Crippen molar-refractivity contribution >= 4 is 46.8 Å². The number of likely N-dealkylation sites (N-methyl/N-ethyl adjacent to an activating group) is 2. The molecule has 152 valence electrons. The highest BCUT2D eigenvalue weighted by molar-refractivity contribution is 7.80. The molecule has 0 N–H and O–H groups in total. The summed E-state index contributed by atoms with van der Waals surface area (Å²) < 4.78 is 11.2. The Bertz CT molecular complexity index is 797. The first-order chi connectivity index (χ1) is 13.3. The predicted octanol–water partition coefficient (Wildman–Crippen LogP) is 3.90. The number of hydrogen-bond donors (Lipinski definition) is 0. The van der Waals surface area contributed by atoms with Crippen molar-refractivity contribution in [2.24, 2.45) is 0 Å². The first-order valence-electron chi connectivity index (χ1n) is 9.22. The van der Waals surface area contributed by atoms with Gasteiger partial charge in [0, 0.05) is 13.1 Å². The lowest BCUT2D eigenvalue weighted by Gasteiger charge is -2.35. The SMILES string of the molecule is CCC(C)Oc1c(Cl)cc(C=C2C(=O)N(CC)C(=S)N(CC)C2=O)cc1OC. The molecular weight excluding hydrogens is 400 g/mol. The summed E-state index contributed by atoms with van der Waals surface area (Å²) in [6.45, 7) is 8.33. The minimum Gasteiger partial charge on any atom is -0.493 e. The molecule has 1 fully saturated rings. The number of thiocarbonyl (C=S) groups is 1. The second kappa shape index (κ2) is 9.39. The van der Waals surface area contributed by atoms with Gasteiger partial charge in [0.05, 0.1) is 18.2 Å². The third kappa shape index (κ3) is 4.31. The van der Waals surface area contributed by atoms with Crippen LogP contribution in [-0.2, 0) is 9.59 Å². The second-order valence-corrected chi connectivity index (χ2v) is 7.08. The number of hydrogen-bond acceptors (Lipinski definition) is 5. The van der Waals surface area contributed by atoms with Crippen LogP contribution in [0.15, 0.2) is 17.7 Å². The Balaban J connectivity index is 2.50. The van der Waals surface area contributed by atoms with Gasteiger partial charge in [0.1, 0.15) is 5.57 Å². The summed E-state index contributed by atoms with van der Waals surface area (Å²) in [6.07, 6.45) is 2.29. The van der Waals surface area contributed by atoms with Gasteiger partial charge in [-0.05, 0) is 63.2 Å². The van der Waals surface area contributed by atoms with Gasteiger partial charge in [0.25, 0.3) is 11.8 Å². The van der Waals surface area contributed by atoms with E-state index in [2.05, 4.69) is 0 Å². The molecule has 1 aliphatic rings. The topological polar surface area (TPSA) is 59.1 Å². The average Bonchev–Trinajstić information content (AvgIpc) is 2.67. The number of carbonyl (C=O) groups excluding carboxylic acids is 2. The molecule has 1 saturated heterocycles. The summed E-state index contributed by atoms with van der Waals surface area (Å²) in [5, 5.41) is 0.572. The summed E-state index contributed by atoms with van der Waals surface area (Å²) in [5.74, 6) is 0.0357. The number of carbonyl (C=O) groups is 2. The standard InChI is InChI=1S/C20H25ClN2O4S/c1-6-12(4)27-17-15(21)10-13(11-16(17)26-5)9-14-18(24)22(7-2)20(28)23(8-3)19(14)25/h9-12H,6-8H2,1-5H3. The quantitative estimate of drug-likeness (QED) is 0.377. The van der Waals surface area contributed by atoms with E-state index in [1.807, 2.05) is 27.7 Å². The fraction of sp³-hybridized carbons (Fsp3) is 0.450. The molecule has 1 atom stereocenters. The van der Waals surface area contributed by atoms with Crippen LogP contribution in [0.3, 0.4) is 0 Å². The zero-order valence-corrected chi connectivity index (χ0v) is 18.3.